The van der Waals surface area contributed by atoms with Crippen LogP contribution in [-0.4, -0.2) is 53.5 Å². The predicted octanol–water partition coefficient (Wildman–Crippen LogP) is 2.82. The zero-order valence-electron chi connectivity index (χ0n) is 13.8. The Morgan fingerprint density at radius 2 is 2.00 bits per heavy atom. The molecule has 1 N–H and O–H groups in total. The van der Waals surface area contributed by atoms with Crippen LogP contribution in [0.3, 0.4) is 0 Å². The number of anilines is 1. The molecule has 0 radical (unpaired) electrons. The summed E-state index contributed by atoms with van der Waals surface area (Å²) < 4.78 is 0. The van der Waals surface area contributed by atoms with Gasteiger partial charge < -0.3 is 5.32 Å². The third-order valence-corrected chi connectivity index (χ3v) is 4.41. The molecular formula is C17H30N4. The molecule has 2 heterocycles. The van der Waals surface area contributed by atoms with Gasteiger partial charge in [-0.1, -0.05) is 13.8 Å². The van der Waals surface area contributed by atoms with Crippen LogP contribution in [0.15, 0.2) is 18.3 Å². The number of aromatic nitrogens is 1. The predicted molar refractivity (Wildman–Crippen MR) is 89.6 cm³/mol. The maximum absolute atomic E-state index is 4.38. The summed E-state index contributed by atoms with van der Waals surface area (Å²) in [6.07, 6.45) is 4.29. The number of nitrogens with zero attached hydrogens (tertiary/aromatic N) is 3. The molecule has 1 aromatic rings. The fourth-order valence-electron chi connectivity index (χ4n) is 2.80. The highest BCUT2D eigenvalue weighted by Gasteiger charge is 2.19. The average molecular weight is 290 g/mol. The fraction of sp³-hybridized carbons (Fsp3) is 0.706. The molecule has 1 atom stereocenters. The zero-order valence-corrected chi connectivity index (χ0v) is 13.8. The normalized spacial score (nSPS) is 18.6. The monoisotopic (exact) mass is 290 g/mol. The molecule has 0 spiro atoms. The third-order valence-electron chi connectivity index (χ3n) is 4.41. The molecule has 0 saturated carbocycles. The van der Waals surface area contributed by atoms with Crippen molar-refractivity contribution in [3.8, 4) is 0 Å². The lowest BCUT2D eigenvalue weighted by atomic mass is 10.1. The van der Waals surface area contributed by atoms with Crippen molar-refractivity contribution in [1.82, 2.24) is 14.8 Å². The molecule has 1 aliphatic rings. The van der Waals surface area contributed by atoms with Gasteiger partial charge in [0.25, 0.3) is 0 Å². The first-order valence-electron chi connectivity index (χ1n) is 8.38. The van der Waals surface area contributed by atoms with Crippen LogP contribution in [0.1, 0.15) is 39.2 Å². The minimum Gasteiger partial charge on any atom is -0.370 e. The van der Waals surface area contributed by atoms with Gasteiger partial charge >= 0.3 is 0 Å². The minimum absolute atomic E-state index is 0.720. The van der Waals surface area contributed by atoms with E-state index in [0.29, 0.717) is 0 Å². The van der Waals surface area contributed by atoms with E-state index in [9.17, 15) is 0 Å². The van der Waals surface area contributed by atoms with Gasteiger partial charge in [0.05, 0.1) is 0 Å². The molecule has 0 bridgehead atoms. The van der Waals surface area contributed by atoms with Crippen molar-refractivity contribution in [3.05, 3.63) is 23.9 Å². The van der Waals surface area contributed by atoms with E-state index in [4.69, 9.17) is 0 Å². The zero-order chi connectivity index (χ0) is 15.1. The number of pyridine rings is 1. The van der Waals surface area contributed by atoms with Crippen LogP contribution in [0.5, 0.6) is 0 Å². The van der Waals surface area contributed by atoms with Crippen molar-refractivity contribution in [3.63, 3.8) is 0 Å². The molecule has 1 saturated heterocycles. The average Bonchev–Trinajstić information content (AvgIpc) is 2.53. The lowest BCUT2D eigenvalue weighted by Crippen LogP contribution is -2.48. The summed E-state index contributed by atoms with van der Waals surface area (Å²) in [5.74, 6) is 1.01. The number of piperazine rings is 1. The van der Waals surface area contributed by atoms with Gasteiger partial charge in [-0.15, -0.1) is 0 Å². The molecule has 0 amide bonds. The number of nitrogens with one attached hydrogen (secondary N) is 1. The summed E-state index contributed by atoms with van der Waals surface area (Å²) in [4.78, 5) is 9.54. The largest absolute Gasteiger partial charge is 0.370 e. The SMILES string of the molecule is CCCNc1cc(CN2CCN(C(C)CC)CC2)ccn1. The Labute approximate surface area is 129 Å². The summed E-state index contributed by atoms with van der Waals surface area (Å²) in [5, 5.41) is 3.36. The molecule has 4 heteroatoms. The molecule has 1 fully saturated rings. The van der Waals surface area contributed by atoms with E-state index in [1.54, 1.807) is 0 Å². The van der Waals surface area contributed by atoms with Crippen molar-refractivity contribution in [1.29, 1.82) is 0 Å². The maximum atomic E-state index is 4.38. The summed E-state index contributed by atoms with van der Waals surface area (Å²) in [6, 6.07) is 5.05. The Kier molecular flexibility index (Phi) is 6.46. The number of hydrogen-bond acceptors (Lipinski definition) is 4. The smallest absolute Gasteiger partial charge is 0.126 e. The second-order valence-electron chi connectivity index (χ2n) is 6.05. The van der Waals surface area contributed by atoms with Crippen LogP contribution in [0.25, 0.3) is 0 Å². The van der Waals surface area contributed by atoms with E-state index >= 15 is 0 Å². The first-order chi connectivity index (χ1) is 10.2. The van der Waals surface area contributed by atoms with E-state index in [1.165, 1.54) is 38.2 Å². The second kappa shape index (κ2) is 8.35. The Hall–Kier alpha value is -1.13. The molecule has 0 aromatic carbocycles. The quantitative estimate of drug-likeness (QED) is 0.837. The van der Waals surface area contributed by atoms with E-state index in [-0.39, 0.29) is 0 Å². The molecule has 21 heavy (non-hydrogen) atoms. The highest BCUT2D eigenvalue weighted by atomic mass is 15.3. The van der Waals surface area contributed by atoms with Gasteiger partial charge in [0.1, 0.15) is 5.82 Å². The van der Waals surface area contributed by atoms with Crippen LogP contribution in [0.2, 0.25) is 0 Å². The van der Waals surface area contributed by atoms with Gasteiger partial charge in [0.2, 0.25) is 0 Å². The Morgan fingerprint density at radius 3 is 2.67 bits per heavy atom. The standard InChI is InChI=1S/C17H30N4/c1-4-7-18-17-13-16(6-8-19-17)14-20-9-11-21(12-10-20)15(3)5-2/h6,8,13,15H,4-5,7,9-12,14H2,1-3H3,(H,18,19). The molecule has 1 aliphatic heterocycles. The van der Waals surface area contributed by atoms with E-state index in [0.717, 1.165) is 31.4 Å². The maximum Gasteiger partial charge on any atom is 0.126 e. The van der Waals surface area contributed by atoms with Crippen molar-refractivity contribution in [2.75, 3.05) is 38.0 Å². The Balaban J connectivity index is 1.83. The van der Waals surface area contributed by atoms with Gasteiger partial charge in [0.15, 0.2) is 0 Å². The van der Waals surface area contributed by atoms with Crippen molar-refractivity contribution < 1.29 is 0 Å². The molecule has 0 aliphatic carbocycles. The third kappa shape index (κ3) is 4.97. The first-order valence-corrected chi connectivity index (χ1v) is 8.38. The molecule has 2 rings (SSSR count). The van der Waals surface area contributed by atoms with Gasteiger partial charge in [-0.05, 0) is 37.5 Å². The summed E-state index contributed by atoms with van der Waals surface area (Å²) in [5.41, 5.74) is 1.36. The van der Waals surface area contributed by atoms with Crippen molar-refractivity contribution in [2.45, 2.75) is 46.2 Å². The number of hydrogen-bond donors (Lipinski definition) is 1. The van der Waals surface area contributed by atoms with Crippen LogP contribution in [0, 0.1) is 0 Å². The highest BCUT2D eigenvalue weighted by molar-refractivity contribution is 5.37. The molecule has 1 aromatic heterocycles. The van der Waals surface area contributed by atoms with Gasteiger partial charge in [0, 0.05) is 51.5 Å². The van der Waals surface area contributed by atoms with E-state index in [2.05, 4.69) is 53.0 Å². The van der Waals surface area contributed by atoms with Gasteiger partial charge in [-0.25, -0.2) is 4.98 Å². The minimum atomic E-state index is 0.720. The Bertz CT molecular complexity index is 413. The van der Waals surface area contributed by atoms with Crippen LogP contribution in [0.4, 0.5) is 5.82 Å². The lowest BCUT2D eigenvalue weighted by molar-refractivity contribution is 0.0963. The van der Waals surface area contributed by atoms with Crippen molar-refractivity contribution >= 4 is 5.82 Å². The summed E-state index contributed by atoms with van der Waals surface area (Å²) >= 11 is 0. The highest BCUT2D eigenvalue weighted by Crippen LogP contribution is 2.13. The van der Waals surface area contributed by atoms with Crippen LogP contribution < -0.4 is 5.32 Å². The van der Waals surface area contributed by atoms with E-state index < -0.39 is 0 Å². The topological polar surface area (TPSA) is 31.4 Å². The fourth-order valence-corrected chi connectivity index (χ4v) is 2.80. The molecule has 1 unspecified atom stereocenters. The van der Waals surface area contributed by atoms with E-state index in [1.807, 2.05) is 6.20 Å². The van der Waals surface area contributed by atoms with Gasteiger partial charge in [-0.3, -0.25) is 9.80 Å². The molecule has 118 valence electrons. The second-order valence-corrected chi connectivity index (χ2v) is 6.05. The first kappa shape index (κ1) is 16.2. The molecule has 4 nitrogen and oxygen atoms in total. The number of rotatable bonds is 7. The van der Waals surface area contributed by atoms with Crippen LogP contribution >= 0.6 is 0 Å². The van der Waals surface area contributed by atoms with Crippen molar-refractivity contribution in [2.24, 2.45) is 0 Å². The molecular weight excluding hydrogens is 260 g/mol. The Morgan fingerprint density at radius 1 is 1.24 bits per heavy atom. The summed E-state index contributed by atoms with van der Waals surface area (Å²) in [7, 11) is 0. The lowest BCUT2D eigenvalue weighted by Gasteiger charge is -2.37. The van der Waals surface area contributed by atoms with Crippen LogP contribution in [-0.2, 0) is 6.54 Å². The summed E-state index contributed by atoms with van der Waals surface area (Å²) in [6.45, 7) is 13.6. The van der Waals surface area contributed by atoms with Gasteiger partial charge in [-0.2, -0.15) is 0 Å².